The van der Waals surface area contributed by atoms with E-state index < -0.39 is 0 Å². The van der Waals surface area contributed by atoms with Crippen molar-refractivity contribution < 1.29 is 9.53 Å². The number of hydrogen-bond donors (Lipinski definition) is 1. The molecule has 3 heteroatoms. The molecule has 0 aromatic heterocycles. The van der Waals surface area contributed by atoms with Crippen molar-refractivity contribution in [1.82, 2.24) is 5.32 Å². The van der Waals surface area contributed by atoms with E-state index in [-0.39, 0.29) is 5.91 Å². The highest BCUT2D eigenvalue weighted by Crippen LogP contribution is 2.19. The molecule has 1 aliphatic carbocycles. The minimum atomic E-state index is -0.0831. The number of hydrogen-bond acceptors (Lipinski definition) is 2. The number of ether oxygens (including phenoxy) is 1. The summed E-state index contributed by atoms with van der Waals surface area (Å²) >= 11 is 0. The van der Waals surface area contributed by atoms with Crippen LogP contribution in [0.4, 0.5) is 0 Å². The molecule has 0 spiro atoms. The molecule has 0 bridgehead atoms. The van der Waals surface area contributed by atoms with Crippen LogP contribution in [0.5, 0.6) is 0 Å². The largest absolute Gasteiger partial charge is 0.378 e. The van der Waals surface area contributed by atoms with Crippen LogP contribution >= 0.6 is 0 Å². The summed E-state index contributed by atoms with van der Waals surface area (Å²) < 4.78 is 6.09. The third-order valence-corrected chi connectivity index (χ3v) is 4.46. The molecule has 1 rings (SSSR count). The summed E-state index contributed by atoms with van der Waals surface area (Å²) in [5.41, 5.74) is 0. The maximum atomic E-state index is 11.0. The lowest BCUT2D eigenvalue weighted by molar-refractivity contribution is -0.116. The van der Waals surface area contributed by atoms with Gasteiger partial charge in [0.1, 0.15) is 0 Å². The Hall–Kier alpha value is -0.830. The SMILES string of the molecule is C=CC(=O)NCCCCOC1CCCCCCCCCCC1. The number of carbonyl (C=O) groups excluding carboxylic acids is 1. The first kappa shape index (κ1) is 19.2. The van der Waals surface area contributed by atoms with E-state index in [1.807, 2.05) is 0 Å². The Morgan fingerprint density at radius 1 is 0.955 bits per heavy atom. The number of amides is 1. The van der Waals surface area contributed by atoms with E-state index in [0.717, 1.165) is 26.0 Å². The third-order valence-electron chi connectivity index (χ3n) is 4.46. The van der Waals surface area contributed by atoms with Gasteiger partial charge in [-0.1, -0.05) is 64.4 Å². The van der Waals surface area contributed by atoms with Crippen molar-refractivity contribution in [2.45, 2.75) is 89.6 Å². The second-order valence-corrected chi connectivity index (χ2v) is 6.45. The van der Waals surface area contributed by atoms with Crippen LogP contribution < -0.4 is 5.32 Å². The molecule has 1 N–H and O–H groups in total. The molecule has 3 nitrogen and oxygen atoms in total. The van der Waals surface area contributed by atoms with Crippen LogP contribution in [0, 0.1) is 0 Å². The van der Waals surface area contributed by atoms with E-state index >= 15 is 0 Å². The van der Waals surface area contributed by atoms with Crippen LogP contribution in [0.1, 0.15) is 83.5 Å². The summed E-state index contributed by atoms with van der Waals surface area (Å²) in [5, 5.41) is 2.80. The molecule has 0 atom stereocenters. The normalized spacial score (nSPS) is 18.9. The molecule has 1 amide bonds. The van der Waals surface area contributed by atoms with Crippen molar-refractivity contribution in [3.8, 4) is 0 Å². The molecule has 0 saturated heterocycles. The van der Waals surface area contributed by atoms with Gasteiger partial charge in [-0.15, -0.1) is 0 Å². The molecule has 0 heterocycles. The Morgan fingerprint density at radius 2 is 1.50 bits per heavy atom. The van der Waals surface area contributed by atoms with Crippen LogP contribution in [0.2, 0.25) is 0 Å². The number of carbonyl (C=O) groups is 1. The predicted molar refractivity (Wildman–Crippen MR) is 93.0 cm³/mol. The average molecular weight is 309 g/mol. The van der Waals surface area contributed by atoms with Crippen LogP contribution in [0.25, 0.3) is 0 Å². The first-order chi connectivity index (χ1) is 10.8. The van der Waals surface area contributed by atoms with Gasteiger partial charge in [-0.25, -0.2) is 0 Å². The molecule has 0 unspecified atom stereocenters. The highest BCUT2D eigenvalue weighted by molar-refractivity contribution is 5.86. The Kier molecular flexibility index (Phi) is 12.1. The highest BCUT2D eigenvalue weighted by Gasteiger charge is 2.09. The summed E-state index contributed by atoms with van der Waals surface area (Å²) in [7, 11) is 0. The van der Waals surface area contributed by atoms with E-state index in [2.05, 4.69) is 11.9 Å². The van der Waals surface area contributed by atoms with Crippen LogP contribution in [-0.2, 0) is 9.53 Å². The first-order valence-corrected chi connectivity index (χ1v) is 9.35. The quantitative estimate of drug-likeness (QED) is 0.544. The molecule has 128 valence electrons. The molecule has 1 fully saturated rings. The van der Waals surface area contributed by atoms with Gasteiger partial charge >= 0.3 is 0 Å². The van der Waals surface area contributed by atoms with Gasteiger partial charge in [-0.05, 0) is 31.8 Å². The van der Waals surface area contributed by atoms with Gasteiger partial charge < -0.3 is 10.1 Å². The molecule has 0 aromatic rings. The average Bonchev–Trinajstić information content (AvgIpc) is 2.52. The topological polar surface area (TPSA) is 38.3 Å². The standard InChI is InChI=1S/C19H35NO2/c1-2-19(21)20-16-12-13-17-22-18-14-10-8-6-4-3-5-7-9-11-15-18/h2,18H,1,3-17H2,(H,20,21). The monoisotopic (exact) mass is 309 g/mol. The highest BCUT2D eigenvalue weighted by atomic mass is 16.5. The molecule has 1 aliphatic rings. The fraction of sp³-hybridized carbons (Fsp3) is 0.842. The lowest BCUT2D eigenvalue weighted by Gasteiger charge is -2.19. The van der Waals surface area contributed by atoms with Crippen molar-refractivity contribution in [2.24, 2.45) is 0 Å². The minimum absolute atomic E-state index is 0.0831. The van der Waals surface area contributed by atoms with E-state index in [0.29, 0.717) is 6.10 Å². The van der Waals surface area contributed by atoms with Gasteiger partial charge in [0.25, 0.3) is 0 Å². The summed E-state index contributed by atoms with van der Waals surface area (Å²) in [6, 6.07) is 0. The van der Waals surface area contributed by atoms with Crippen molar-refractivity contribution in [1.29, 1.82) is 0 Å². The zero-order valence-corrected chi connectivity index (χ0v) is 14.3. The van der Waals surface area contributed by atoms with E-state index in [4.69, 9.17) is 4.74 Å². The predicted octanol–water partition coefficient (Wildman–Crippen LogP) is 4.76. The summed E-state index contributed by atoms with van der Waals surface area (Å²) in [6.45, 7) is 4.99. The minimum Gasteiger partial charge on any atom is -0.378 e. The fourth-order valence-corrected chi connectivity index (χ4v) is 3.05. The van der Waals surface area contributed by atoms with E-state index in [1.165, 1.54) is 76.7 Å². The van der Waals surface area contributed by atoms with Gasteiger partial charge in [-0.2, -0.15) is 0 Å². The number of unbranched alkanes of at least 4 members (excludes halogenated alkanes) is 1. The summed E-state index contributed by atoms with van der Waals surface area (Å²) in [5.74, 6) is -0.0831. The maximum absolute atomic E-state index is 11.0. The van der Waals surface area contributed by atoms with Crippen molar-refractivity contribution in [2.75, 3.05) is 13.2 Å². The number of nitrogens with one attached hydrogen (secondary N) is 1. The fourth-order valence-electron chi connectivity index (χ4n) is 3.05. The first-order valence-electron chi connectivity index (χ1n) is 9.35. The Labute approximate surface area is 136 Å². The van der Waals surface area contributed by atoms with Crippen LogP contribution in [-0.4, -0.2) is 25.2 Å². The van der Waals surface area contributed by atoms with Gasteiger partial charge in [0.15, 0.2) is 0 Å². The van der Waals surface area contributed by atoms with Crippen molar-refractivity contribution >= 4 is 5.91 Å². The van der Waals surface area contributed by atoms with E-state index in [1.54, 1.807) is 0 Å². The lowest BCUT2D eigenvalue weighted by atomic mass is 9.99. The second kappa shape index (κ2) is 13.8. The molecule has 0 radical (unpaired) electrons. The third kappa shape index (κ3) is 10.8. The molecule has 0 aromatic carbocycles. The van der Waals surface area contributed by atoms with Gasteiger partial charge in [-0.3, -0.25) is 4.79 Å². The van der Waals surface area contributed by atoms with Crippen molar-refractivity contribution in [3.63, 3.8) is 0 Å². The summed E-state index contributed by atoms with van der Waals surface area (Å²) in [6.07, 6.45) is 18.7. The van der Waals surface area contributed by atoms with Crippen molar-refractivity contribution in [3.05, 3.63) is 12.7 Å². The second-order valence-electron chi connectivity index (χ2n) is 6.45. The summed E-state index contributed by atoms with van der Waals surface area (Å²) in [4.78, 5) is 11.0. The van der Waals surface area contributed by atoms with Gasteiger partial charge in [0.2, 0.25) is 5.91 Å². The Morgan fingerprint density at radius 3 is 2.05 bits per heavy atom. The zero-order valence-electron chi connectivity index (χ0n) is 14.3. The zero-order chi connectivity index (χ0) is 15.9. The Bertz CT molecular complexity index is 279. The smallest absolute Gasteiger partial charge is 0.243 e. The molecule has 0 aliphatic heterocycles. The molecule has 22 heavy (non-hydrogen) atoms. The van der Waals surface area contributed by atoms with Crippen LogP contribution in [0.3, 0.4) is 0 Å². The molecular formula is C19H35NO2. The van der Waals surface area contributed by atoms with Gasteiger partial charge in [0, 0.05) is 13.2 Å². The lowest BCUT2D eigenvalue weighted by Crippen LogP contribution is -2.22. The number of rotatable bonds is 7. The molecular weight excluding hydrogens is 274 g/mol. The van der Waals surface area contributed by atoms with Crippen LogP contribution in [0.15, 0.2) is 12.7 Å². The Balaban J connectivity index is 2.09. The maximum Gasteiger partial charge on any atom is 0.243 e. The van der Waals surface area contributed by atoms with Gasteiger partial charge in [0.05, 0.1) is 6.10 Å². The van der Waals surface area contributed by atoms with E-state index in [9.17, 15) is 4.79 Å². The molecule has 1 saturated carbocycles.